The number of nitrogens with zero attached hydrogens (tertiary/aromatic N) is 1. The summed E-state index contributed by atoms with van der Waals surface area (Å²) in [5.74, 6) is 0.487. The molecule has 2 unspecified atom stereocenters. The minimum Gasteiger partial charge on any atom is -0.311 e. The molecule has 1 fully saturated rings. The summed E-state index contributed by atoms with van der Waals surface area (Å²) >= 11 is 0. The molecule has 72 heavy (non-hydrogen) atoms. The average Bonchev–Trinajstić information content (AvgIpc) is 4.30. The summed E-state index contributed by atoms with van der Waals surface area (Å²) in [7, 11) is 0. The van der Waals surface area contributed by atoms with E-state index in [2.05, 4.69) is 285 Å². The van der Waals surface area contributed by atoms with Crippen LogP contribution in [-0.4, -0.2) is 0 Å². The Hall–Kier alpha value is -8.52. The summed E-state index contributed by atoms with van der Waals surface area (Å²) in [4.78, 5) is 2.41. The fraction of sp³-hybridized carbons (Fsp3) is 0.0986. The number of anilines is 3. The lowest BCUT2D eigenvalue weighted by Gasteiger charge is -2.27. The molecular formula is C71H57N. The van der Waals surface area contributed by atoms with Crippen molar-refractivity contribution in [2.24, 2.45) is 5.92 Å². The van der Waals surface area contributed by atoms with Crippen molar-refractivity contribution in [2.45, 2.75) is 38.0 Å². The lowest BCUT2D eigenvalue weighted by Crippen LogP contribution is -2.13. The van der Waals surface area contributed by atoms with Gasteiger partial charge in [0.25, 0.3) is 0 Å². The van der Waals surface area contributed by atoms with Crippen molar-refractivity contribution in [3.63, 3.8) is 0 Å². The van der Waals surface area contributed by atoms with Crippen LogP contribution in [0.25, 0.3) is 55.7 Å². The number of aryl methyl sites for hydroxylation is 1. The van der Waals surface area contributed by atoms with E-state index in [1.165, 1.54) is 89.1 Å². The Morgan fingerprint density at radius 2 is 0.861 bits per heavy atom. The normalized spacial score (nSPS) is 17.7. The molecule has 1 heteroatoms. The van der Waals surface area contributed by atoms with Gasteiger partial charge in [0.05, 0.1) is 0 Å². The van der Waals surface area contributed by atoms with Crippen molar-refractivity contribution < 1.29 is 0 Å². The van der Waals surface area contributed by atoms with E-state index < -0.39 is 0 Å². The largest absolute Gasteiger partial charge is 0.311 e. The van der Waals surface area contributed by atoms with Crippen molar-refractivity contribution in [1.29, 1.82) is 0 Å². The maximum absolute atomic E-state index is 2.57. The number of hydrogen-bond acceptors (Lipinski definition) is 1. The molecule has 0 amide bonds. The fourth-order valence-electron chi connectivity index (χ4n) is 11.1. The first-order valence-corrected chi connectivity index (χ1v) is 25.7. The lowest BCUT2D eigenvalue weighted by atomic mass is 9.80. The molecule has 0 aromatic heterocycles. The highest BCUT2D eigenvalue weighted by Gasteiger charge is 2.57. The molecule has 0 spiro atoms. The average molecular weight is 924 g/mol. The van der Waals surface area contributed by atoms with Crippen molar-refractivity contribution in [1.82, 2.24) is 0 Å². The number of rotatable bonds is 12. The van der Waals surface area contributed by atoms with E-state index in [-0.39, 0.29) is 5.41 Å². The van der Waals surface area contributed by atoms with Gasteiger partial charge in [0.15, 0.2) is 0 Å². The molecule has 0 bridgehead atoms. The quantitative estimate of drug-likeness (QED) is 0.118. The van der Waals surface area contributed by atoms with E-state index in [4.69, 9.17) is 0 Å². The molecule has 1 saturated carbocycles. The number of allylic oxidation sites excluding steroid dienone is 16. The summed E-state index contributed by atoms with van der Waals surface area (Å²) in [6.07, 6.45) is 31.0. The Kier molecular flexibility index (Phi) is 12.2. The van der Waals surface area contributed by atoms with E-state index in [1.807, 2.05) is 0 Å². The lowest BCUT2D eigenvalue weighted by molar-refractivity contribution is 0.790. The second-order valence-corrected chi connectivity index (χ2v) is 19.6. The Labute approximate surface area is 425 Å². The highest BCUT2D eigenvalue weighted by Crippen LogP contribution is 2.64. The van der Waals surface area contributed by atoms with Crippen LogP contribution in [0.15, 0.2) is 284 Å². The van der Waals surface area contributed by atoms with Crippen LogP contribution in [0.1, 0.15) is 48.4 Å². The van der Waals surface area contributed by atoms with Gasteiger partial charge in [-0.15, -0.1) is 0 Å². The van der Waals surface area contributed by atoms with E-state index in [0.29, 0.717) is 5.92 Å². The minimum absolute atomic E-state index is 0.01000. The predicted molar refractivity (Wildman–Crippen MR) is 306 cm³/mol. The van der Waals surface area contributed by atoms with Gasteiger partial charge >= 0.3 is 0 Å². The third-order valence-electron chi connectivity index (χ3n) is 15.1. The van der Waals surface area contributed by atoms with Crippen LogP contribution >= 0.6 is 0 Å². The van der Waals surface area contributed by atoms with E-state index in [1.54, 1.807) is 0 Å². The van der Waals surface area contributed by atoms with Crippen LogP contribution in [0.4, 0.5) is 17.1 Å². The molecule has 2 atom stereocenters. The van der Waals surface area contributed by atoms with Gasteiger partial charge in [-0.25, -0.2) is 0 Å². The first-order chi connectivity index (χ1) is 35.6. The van der Waals surface area contributed by atoms with E-state index in [9.17, 15) is 0 Å². The van der Waals surface area contributed by atoms with Crippen LogP contribution in [0, 0.1) is 5.92 Å². The van der Waals surface area contributed by atoms with Gasteiger partial charge in [-0.1, -0.05) is 219 Å². The third-order valence-corrected chi connectivity index (χ3v) is 15.1. The van der Waals surface area contributed by atoms with Crippen LogP contribution in [0.2, 0.25) is 0 Å². The van der Waals surface area contributed by atoms with Gasteiger partial charge in [0.1, 0.15) is 0 Å². The topological polar surface area (TPSA) is 3.24 Å². The fourth-order valence-corrected chi connectivity index (χ4v) is 11.1. The molecule has 4 aliphatic carbocycles. The summed E-state index contributed by atoms with van der Waals surface area (Å²) in [6, 6.07) is 74.3. The molecule has 8 aromatic rings. The molecule has 346 valence electrons. The Morgan fingerprint density at radius 1 is 0.417 bits per heavy atom. The Morgan fingerprint density at radius 3 is 1.39 bits per heavy atom. The Bertz CT molecular complexity index is 3520. The van der Waals surface area contributed by atoms with Crippen molar-refractivity contribution in [3.8, 4) is 44.5 Å². The van der Waals surface area contributed by atoms with Crippen molar-refractivity contribution >= 4 is 28.2 Å². The van der Waals surface area contributed by atoms with E-state index in [0.717, 1.165) is 42.7 Å². The highest BCUT2D eigenvalue weighted by atomic mass is 15.1. The summed E-state index contributed by atoms with van der Waals surface area (Å²) in [6.45, 7) is 2.24. The van der Waals surface area contributed by atoms with Gasteiger partial charge in [0.2, 0.25) is 0 Å². The molecule has 4 aliphatic rings. The van der Waals surface area contributed by atoms with Gasteiger partial charge in [-0.3, -0.25) is 0 Å². The maximum Gasteiger partial charge on any atom is 0.0462 e. The first-order valence-electron chi connectivity index (χ1n) is 25.7. The van der Waals surface area contributed by atoms with Crippen molar-refractivity contribution in [2.75, 3.05) is 4.90 Å². The van der Waals surface area contributed by atoms with Crippen LogP contribution < -0.4 is 4.90 Å². The molecular weight excluding hydrogens is 867 g/mol. The van der Waals surface area contributed by atoms with Crippen molar-refractivity contribution in [3.05, 3.63) is 307 Å². The molecule has 0 saturated heterocycles. The summed E-state index contributed by atoms with van der Waals surface area (Å²) in [5, 5.41) is 0. The molecule has 1 nitrogen and oxygen atoms in total. The van der Waals surface area contributed by atoms with Crippen LogP contribution in [0.5, 0.6) is 0 Å². The number of hydrogen-bond donors (Lipinski definition) is 0. The van der Waals surface area contributed by atoms with Gasteiger partial charge < -0.3 is 4.90 Å². The number of benzene rings is 8. The highest BCUT2D eigenvalue weighted by molar-refractivity contribution is 5.86. The molecule has 0 radical (unpaired) electrons. The van der Waals surface area contributed by atoms with Gasteiger partial charge in [-0.05, 0) is 181 Å². The standard InChI is InChI=1S/C71H57N/c1-2-51-42-59(52-22-14-7-15-23-52)44-60(43-51)55-30-36-66(37-31-55)72(67-38-32-56(33-39-67)63-46-61(53-20-10-3-4-11-21-53)45-62(47-63)54-24-16-8-17-25-54)68-40-34-57(35-41-68)64-48-69(58-26-12-5-6-13-27-58)70-50-71(70,49-64)65-28-18-9-19-29-65/h3-20,22-26,28-49,70H,2,21,27,50H2,1H3. The molecule has 0 aliphatic heterocycles. The SMILES string of the molecule is CCc1cc(-c2ccccc2)cc(-c2ccc(N(c3ccc(C4=CC5(c6ccccc6)CC5C(C5=CC=CC=CC5)=C4)cc3)c3ccc(-c4cc(C5=CC=CC=CC5)cc(-c5ccccc5)c4)cc3)cc2)c1. The van der Waals surface area contributed by atoms with Gasteiger partial charge in [-0.2, -0.15) is 0 Å². The minimum atomic E-state index is 0.01000. The molecule has 0 heterocycles. The summed E-state index contributed by atoms with van der Waals surface area (Å²) < 4.78 is 0. The summed E-state index contributed by atoms with van der Waals surface area (Å²) in [5.41, 5.74) is 23.8. The second-order valence-electron chi connectivity index (χ2n) is 19.6. The second kappa shape index (κ2) is 19.7. The zero-order chi connectivity index (χ0) is 48.3. The first kappa shape index (κ1) is 44.7. The van der Waals surface area contributed by atoms with Crippen LogP contribution in [0.3, 0.4) is 0 Å². The smallest absolute Gasteiger partial charge is 0.0462 e. The van der Waals surface area contributed by atoms with Crippen LogP contribution in [-0.2, 0) is 11.8 Å². The molecule has 8 aromatic carbocycles. The molecule has 0 N–H and O–H groups in total. The zero-order valence-electron chi connectivity index (χ0n) is 40.8. The predicted octanol–water partition coefficient (Wildman–Crippen LogP) is 19.0. The number of fused-ring (bicyclic) bond motifs is 1. The Balaban J connectivity index is 0.933. The monoisotopic (exact) mass is 923 g/mol. The zero-order valence-corrected chi connectivity index (χ0v) is 40.8. The van der Waals surface area contributed by atoms with E-state index >= 15 is 0 Å². The molecule has 12 rings (SSSR count). The van der Waals surface area contributed by atoms with Gasteiger partial charge in [0, 0.05) is 22.5 Å². The maximum atomic E-state index is 2.57. The third kappa shape index (κ3) is 9.07.